The van der Waals surface area contributed by atoms with Crippen LogP contribution in [-0.2, 0) is 0 Å². The van der Waals surface area contributed by atoms with Gasteiger partial charge in [-0.1, -0.05) is 26.7 Å². The Hall–Kier alpha value is -1.26. The number of hydrogen-bond acceptors (Lipinski definition) is 2. The molecule has 0 heterocycles. The van der Waals surface area contributed by atoms with Gasteiger partial charge in [-0.2, -0.15) is 0 Å². The highest BCUT2D eigenvalue weighted by Crippen LogP contribution is 2.31. The third-order valence-electron chi connectivity index (χ3n) is 3.23. The van der Waals surface area contributed by atoms with E-state index < -0.39 is 0 Å². The molecule has 3 unspecified atom stereocenters. The lowest BCUT2D eigenvalue weighted by molar-refractivity contribution is 0.241. The minimum Gasteiger partial charge on any atom is -0.370 e. The molecule has 1 saturated carbocycles. The summed E-state index contributed by atoms with van der Waals surface area (Å²) in [5.41, 5.74) is 10.8. The van der Waals surface area contributed by atoms with Gasteiger partial charge in [-0.15, -0.1) is 0 Å². The first-order valence-corrected chi connectivity index (χ1v) is 5.45. The molecule has 0 radical (unpaired) electrons. The highest BCUT2D eigenvalue weighted by atomic mass is 15.2. The van der Waals surface area contributed by atoms with Gasteiger partial charge in [0.25, 0.3) is 0 Å². The van der Waals surface area contributed by atoms with E-state index in [1.165, 1.54) is 12.8 Å². The minimum absolute atomic E-state index is 0.159. The summed E-state index contributed by atoms with van der Waals surface area (Å²) in [7, 11) is 0. The minimum atomic E-state index is -0.159. The van der Waals surface area contributed by atoms with Crippen molar-refractivity contribution < 1.29 is 0 Å². The molecule has 5 heteroatoms. The Morgan fingerprint density at radius 1 is 1.33 bits per heavy atom. The van der Waals surface area contributed by atoms with Crippen molar-refractivity contribution in [1.82, 2.24) is 5.32 Å². The van der Waals surface area contributed by atoms with E-state index in [-0.39, 0.29) is 18.0 Å². The molecule has 86 valence electrons. The maximum atomic E-state index is 7.04. The number of aliphatic imine (C=N–C) groups is 1. The summed E-state index contributed by atoms with van der Waals surface area (Å²) in [6, 6.07) is 0.264. The van der Waals surface area contributed by atoms with Crippen molar-refractivity contribution in [1.29, 1.82) is 5.41 Å². The van der Waals surface area contributed by atoms with Crippen molar-refractivity contribution in [3.05, 3.63) is 0 Å². The van der Waals surface area contributed by atoms with Crippen LogP contribution in [0, 0.1) is 17.2 Å². The number of nitrogens with one attached hydrogen (secondary N) is 2. The zero-order valence-corrected chi connectivity index (χ0v) is 9.46. The number of rotatable bonds is 1. The SMILES string of the molecule is CC1CCCC(N=C(N)NC(=N)N)C1C. The summed E-state index contributed by atoms with van der Waals surface area (Å²) in [5.74, 6) is 1.34. The topological polar surface area (TPSA) is 100 Å². The van der Waals surface area contributed by atoms with E-state index in [9.17, 15) is 0 Å². The van der Waals surface area contributed by atoms with Gasteiger partial charge in [0.1, 0.15) is 0 Å². The van der Waals surface area contributed by atoms with Crippen LogP contribution in [0.25, 0.3) is 0 Å². The Bertz CT molecular complexity index is 261. The van der Waals surface area contributed by atoms with Gasteiger partial charge in [-0.05, 0) is 18.3 Å². The lowest BCUT2D eigenvalue weighted by Crippen LogP contribution is -2.42. The van der Waals surface area contributed by atoms with E-state index in [4.69, 9.17) is 16.9 Å². The van der Waals surface area contributed by atoms with Crippen LogP contribution in [0.3, 0.4) is 0 Å². The lowest BCUT2D eigenvalue weighted by atomic mass is 9.78. The molecule has 1 aliphatic carbocycles. The fourth-order valence-electron chi connectivity index (χ4n) is 2.08. The number of guanidine groups is 2. The van der Waals surface area contributed by atoms with E-state index in [0.717, 1.165) is 6.42 Å². The van der Waals surface area contributed by atoms with Crippen molar-refractivity contribution in [2.24, 2.45) is 28.3 Å². The maximum absolute atomic E-state index is 7.04. The normalized spacial score (nSPS) is 32.4. The molecular formula is C10H21N5. The average Bonchev–Trinajstić information content (AvgIpc) is 2.11. The van der Waals surface area contributed by atoms with E-state index in [2.05, 4.69) is 24.2 Å². The second-order valence-corrected chi connectivity index (χ2v) is 4.39. The van der Waals surface area contributed by atoms with Crippen molar-refractivity contribution in [3.63, 3.8) is 0 Å². The van der Waals surface area contributed by atoms with Crippen molar-refractivity contribution in [2.75, 3.05) is 0 Å². The molecule has 1 fully saturated rings. The van der Waals surface area contributed by atoms with Crippen LogP contribution in [-0.4, -0.2) is 18.0 Å². The molecule has 0 aromatic carbocycles. The molecule has 1 rings (SSSR count). The molecule has 0 aromatic rings. The van der Waals surface area contributed by atoms with Gasteiger partial charge in [-0.3, -0.25) is 10.7 Å². The molecule has 0 aliphatic heterocycles. The first-order valence-electron chi connectivity index (χ1n) is 5.45. The average molecular weight is 211 g/mol. The van der Waals surface area contributed by atoms with Crippen molar-refractivity contribution in [3.8, 4) is 0 Å². The summed E-state index contributed by atoms with van der Waals surface area (Å²) >= 11 is 0. The van der Waals surface area contributed by atoms with Crippen molar-refractivity contribution >= 4 is 11.9 Å². The molecule has 5 nitrogen and oxygen atoms in total. The highest BCUT2D eigenvalue weighted by molar-refractivity contribution is 5.95. The Morgan fingerprint density at radius 2 is 2.00 bits per heavy atom. The second-order valence-electron chi connectivity index (χ2n) is 4.39. The van der Waals surface area contributed by atoms with E-state index >= 15 is 0 Å². The quantitative estimate of drug-likeness (QED) is 0.377. The Morgan fingerprint density at radius 3 is 2.60 bits per heavy atom. The Kier molecular flexibility index (Phi) is 3.94. The van der Waals surface area contributed by atoms with Crippen LogP contribution in [0.5, 0.6) is 0 Å². The predicted molar refractivity (Wildman–Crippen MR) is 62.6 cm³/mol. The Balaban J connectivity index is 2.59. The predicted octanol–water partition coefficient (Wildman–Crippen LogP) is 0.609. The summed E-state index contributed by atoms with van der Waals surface area (Å²) in [6.45, 7) is 4.46. The van der Waals surface area contributed by atoms with Gasteiger partial charge in [0, 0.05) is 0 Å². The van der Waals surface area contributed by atoms with E-state index in [1.807, 2.05) is 0 Å². The highest BCUT2D eigenvalue weighted by Gasteiger charge is 2.26. The molecule has 0 spiro atoms. The molecule has 15 heavy (non-hydrogen) atoms. The maximum Gasteiger partial charge on any atom is 0.195 e. The molecule has 0 amide bonds. The summed E-state index contributed by atoms with van der Waals surface area (Å²) in [4.78, 5) is 4.37. The zero-order valence-electron chi connectivity index (χ0n) is 9.46. The lowest BCUT2D eigenvalue weighted by Gasteiger charge is -2.31. The van der Waals surface area contributed by atoms with Crippen LogP contribution in [0.1, 0.15) is 33.1 Å². The smallest absolute Gasteiger partial charge is 0.195 e. The van der Waals surface area contributed by atoms with Crippen LogP contribution < -0.4 is 16.8 Å². The van der Waals surface area contributed by atoms with Gasteiger partial charge >= 0.3 is 0 Å². The largest absolute Gasteiger partial charge is 0.370 e. The first kappa shape index (κ1) is 11.8. The first-order chi connectivity index (χ1) is 7.00. The van der Waals surface area contributed by atoms with Crippen LogP contribution in [0.4, 0.5) is 0 Å². The molecule has 6 N–H and O–H groups in total. The van der Waals surface area contributed by atoms with E-state index in [1.54, 1.807) is 0 Å². The number of nitrogens with zero attached hydrogens (tertiary/aromatic N) is 1. The fraction of sp³-hybridized carbons (Fsp3) is 0.800. The second kappa shape index (κ2) is 5.00. The molecule has 3 atom stereocenters. The molecule has 0 aromatic heterocycles. The van der Waals surface area contributed by atoms with Crippen LogP contribution in [0.15, 0.2) is 4.99 Å². The third kappa shape index (κ3) is 3.42. The van der Waals surface area contributed by atoms with Gasteiger partial charge in [-0.25, -0.2) is 4.99 Å². The molecule has 1 aliphatic rings. The standard InChI is InChI=1S/C10H21N5/c1-6-4-3-5-8(7(6)2)14-10(13)15-9(11)12/h6-8H,3-5H2,1-2H3,(H6,11,12,13,14,15). The molecule has 0 bridgehead atoms. The molecule has 0 saturated heterocycles. The zero-order chi connectivity index (χ0) is 11.4. The summed E-state index contributed by atoms with van der Waals surface area (Å²) in [5, 5.41) is 9.55. The van der Waals surface area contributed by atoms with Crippen LogP contribution in [0.2, 0.25) is 0 Å². The monoisotopic (exact) mass is 211 g/mol. The van der Waals surface area contributed by atoms with Gasteiger partial charge in [0.15, 0.2) is 11.9 Å². The van der Waals surface area contributed by atoms with Gasteiger partial charge < -0.3 is 11.5 Å². The van der Waals surface area contributed by atoms with Gasteiger partial charge in [0.2, 0.25) is 0 Å². The van der Waals surface area contributed by atoms with Gasteiger partial charge in [0.05, 0.1) is 6.04 Å². The Labute approximate surface area is 90.8 Å². The summed E-state index contributed by atoms with van der Waals surface area (Å²) < 4.78 is 0. The van der Waals surface area contributed by atoms with E-state index in [0.29, 0.717) is 11.8 Å². The van der Waals surface area contributed by atoms with Crippen LogP contribution >= 0.6 is 0 Å². The number of nitrogens with two attached hydrogens (primary N) is 2. The number of hydrogen-bond donors (Lipinski definition) is 4. The fourth-order valence-corrected chi connectivity index (χ4v) is 2.08. The van der Waals surface area contributed by atoms with Crippen molar-refractivity contribution in [2.45, 2.75) is 39.2 Å². The summed E-state index contributed by atoms with van der Waals surface area (Å²) in [6.07, 6.45) is 3.55. The third-order valence-corrected chi connectivity index (χ3v) is 3.23. The molecular weight excluding hydrogens is 190 g/mol.